The highest BCUT2D eigenvalue weighted by molar-refractivity contribution is 5.94. The summed E-state index contributed by atoms with van der Waals surface area (Å²) in [6.45, 7) is 8.08. The van der Waals surface area contributed by atoms with Crippen molar-refractivity contribution in [2.75, 3.05) is 12.4 Å². The van der Waals surface area contributed by atoms with Crippen LogP contribution in [0.5, 0.6) is 0 Å². The lowest BCUT2D eigenvalue weighted by atomic mass is 9.85. The van der Waals surface area contributed by atoms with Crippen molar-refractivity contribution in [3.05, 3.63) is 29.3 Å². The molecule has 3 heteroatoms. The van der Waals surface area contributed by atoms with Crippen LogP contribution in [0.3, 0.4) is 0 Å². The van der Waals surface area contributed by atoms with Gasteiger partial charge in [-0.3, -0.25) is 4.79 Å². The van der Waals surface area contributed by atoms with E-state index in [1.165, 1.54) is 37.7 Å². The Morgan fingerprint density at radius 1 is 1.21 bits per heavy atom. The summed E-state index contributed by atoms with van der Waals surface area (Å²) in [5, 5.41) is 3.01. The molecule has 0 radical (unpaired) electrons. The molecule has 3 nitrogen and oxygen atoms in total. The first-order valence-corrected chi connectivity index (χ1v) is 9.51. The standard InChI is InChI=1S/C19H29NO2.C2H6/c1-14-9-11-17(15(2)13-14)20-19(21)18(22-3)12-10-16-7-5-4-6-8-16;1-2/h9,11,13,16,18H,4-8,10,12H2,1-3H3,(H,20,21);1-2H3. The van der Waals surface area contributed by atoms with Crippen LogP contribution >= 0.6 is 0 Å². The third kappa shape index (κ3) is 6.64. The number of amides is 1. The molecule has 1 saturated carbocycles. The van der Waals surface area contributed by atoms with E-state index < -0.39 is 0 Å². The van der Waals surface area contributed by atoms with Gasteiger partial charge >= 0.3 is 0 Å². The molecule has 136 valence electrons. The maximum absolute atomic E-state index is 12.4. The van der Waals surface area contributed by atoms with Gasteiger partial charge in [-0.2, -0.15) is 0 Å². The van der Waals surface area contributed by atoms with E-state index in [2.05, 4.69) is 18.3 Å². The van der Waals surface area contributed by atoms with Gasteiger partial charge in [0.25, 0.3) is 5.91 Å². The van der Waals surface area contributed by atoms with E-state index >= 15 is 0 Å². The van der Waals surface area contributed by atoms with Gasteiger partial charge in [0, 0.05) is 12.8 Å². The van der Waals surface area contributed by atoms with Crippen molar-refractivity contribution >= 4 is 11.6 Å². The van der Waals surface area contributed by atoms with Gasteiger partial charge in [0.2, 0.25) is 0 Å². The molecule has 0 spiro atoms. The Kier molecular flexibility index (Phi) is 9.70. The first kappa shape index (κ1) is 20.7. The van der Waals surface area contributed by atoms with Crippen molar-refractivity contribution in [3.8, 4) is 0 Å². The minimum atomic E-state index is -0.345. The van der Waals surface area contributed by atoms with Gasteiger partial charge in [-0.1, -0.05) is 63.6 Å². The Labute approximate surface area is 148 Å². The molecule has 0 bridgehead atoms. The highest BCUT2D eigenvalue weighted by atomic mass is 16.5. The zero-order chi connectivity index (χ0) is 17.9. The second kappa shape index (κ2) is 11.2. The van der Waals surface area contributed by atoms with Crippen molar-refractivity contribution in [1.29, 1.82) is 0 Å². The van der Waals surface area contributed by atoms with Gasteiger partial charge in [-0.15, -0.1) is 0 Å². The van der Waals surface area contributed by atoms with Gasteiger partial charge in [-0.25, -0.2) is 0 Å². The lowest BCUT2D eigenvalue weighted by Gasteiger charge is -2.23. The number of methoxy groups -OCH3 is 1. The van der Waals surface area contributed by atoms with Crippen molar-refractivity contribution in [2.24, 2.45) is 5.92 Å². The molecular weight excluding hydrogens is 298 g/mol. The number of hydrogen-bond donors (Lipinski definition) is 1. The van der Waals surface area contributed by atoms with Crippen molar-refractivity contribution < 1.29 is 9.53 Å². The molecule has 24 heavy (non-hydrogen) atoms. The van der Waals surface area contributed by atoms with Gasteiger partial charge in [0.05, 0.1) is 0 Å². The van der Waals surface area contributed by atoms with E-state index in [0.29, 0.717) is 0 Å². The number of nitrogens with one attached hydrogen (secondary N) is 1. The third-order valence-corrected chi connectivity index (χ3v) is 4.78. The summed E-state index contributed by atoms with van der Waals surface area (Å²) in [4.78, 5) is 12.4. The summed E-state index contributed by atoms with van der Waals surface area (Å²) in [6, 6.07) is 6.07. The fourth-order valence-electron chi connectivity index (χ4n) is 3.39. The molecule has 1 aromatic carbocycles. The fraction of sp³-hybridized carbons (Fsp3) is 0.667. The smallest absolute Gasteiger partial charge is 0.253 e. The lowest BCUT2D eigenvalue weighted by Crippen LogP contribution is -2.30. The molecule has 1 aliphatic carbocycles. The number of hydrogen-bond acceptors (Lipinski definition) is 2. The van der Waals surface area contributed by atoms with E-state index in [9.17, 15) is 4.79 Å². The molecule has 0 aromatic heterocycles. The van der Waals surface area contributed by atoms with Crippen LogP contribution in [0, 0.1) is 19.8 Å². The Morgan fingerprint density at radius 3 is 2.46 bits per heavy atom. The second-order valence-corrected chi connectivity index (χ2v) is 6.61. The first-order valence-electron chi connectivity index (χ1n) is 9.51. The van der Waals surface area contributed by atoms with Crippen LogP contribution in [0.1, 0.15) is 69.9 Å². The predicted molar refractivity (Wildman–Crippen MR) is 102 cm³/mol. The summed E-state index contributed by atoms with van der Waals surface area (Å²) in [5.74, 6) is 0.755. The summed E-state index contributed by atoms with van der Waals surface area (Å²) in [6.07, 6.45) is 8.26. The maximum atomic E-state index is 12.4. The number of ether oxygens (including phenoxy) is 1. The van der Waals surface area contributed by atoms with Gasteiger partial charge < -0.3 is 10.1 Å². The molecule has 2 rings (SSSR count). The number of carbonyl (C=O) groups is 1. The minimum Gasteiger partial charge on any atom is -0.372 e. The number of benzene rings is 1. The van der Waals surface area contributed by atoms with Gasteiger partial charge in [0.15, 0.2) is 0 Å². The summed E-state index contributed by atoms with van der Waals surface area (Å²) >= 11 is 0. The normalized spacial score (nSPS) is 16.0. The van der Waals surface area contributed by atoms with Crippen LogP contribution in [0.4, 0.5) is 5.69 Å². The lowest BCUT2D eigenvalue weighted by molar-refractivity contribution is -0.126. The van der Waals surface area contributed by atoms with E-state index in [1.807, 2.05) is 32.9 Å². The molecule has 0 saturated heterocycles. The Morgan fingerprint density at radius 2 is 1.88 bits per heavy atom. The molecule has 0 heterocycles. The molecule has 1 aliphatic rings. The highest BCUT2D eigenvalue weighted by Crippen LogP contribution is 2.28. The first-order chi connectivity index (χ1) is 11.6. The molecule has 1 unspecified atom stereocenters. The average molecular weight is 334 g/mol. The third-order valence-electron chi connectivity index (χ3n) is 4.78. The van der Waals surface area contributed by atoms with Crippen LogP contribution in [-0.2, 0) is 9.53 Å². The Bertz CT molecular complexity index is 493. The largest absolute Gasteiger partial charge is 0.372 e. The number of carbonyl (C=O) groups excluding carboxylic acids is 1. The fourth-order valence-corrected chi connectivity index (χ4v) is 3.39. The van der Waals surface area contributed by atoms with Gasteiger partial charge in [0.1, 0.15) is 6.10 Å². The van der Waals surface area contributed by atoms with Crippen LogP contribution < -0.4 is 5.32 Å². The highest BCUT2D eigenvalue weighted by Gasteiger charge is 2.21. The van der Waals surface area contributed by atoms with Crippen LogP contribution in [-0.4, -0.2) is 19.1 Å². The quantitative estimate of drug-likeness (QED) is 0.731. The number of rotatable bonds is 6. The summed E-state index contributed by atoms with van der Waals surface area (Å²) < 4.78 is 5.43. The molecule has 1 amide bonds. The van der Waals surface area contributed by atoms with Crippen LogP contribution in [0.15, 0.2) is 18.2 Å². The molecule has 1 fully saturated rings. The minimum absolute atomic E-state index is 0.0229. The summed E-state index contributed by atoms with van der Waals surface area (Å²) in [7, 11) is 1.63. The second-order valence-electron chi connectivity index (χ2n) is 6.61. The zero-order valence-electron chi connectivity index (χ0n) is 16.2. The SMILES string of the molecule is CC.COC(CCC1CCCCC1)C(=O)Nc1ccc(C)cc1C. The number of anilines is 1. The molecule has 0 aliphatic heterocycles. The van der Waals surface area contributed by atoms with Crippen LogP contribution in [0.2, 0.25) is 0 Å². The number of aryl methyl sites for hydroxylation is 2. The summed E-state index contributed by atoms with van der Waals surface area (Å²) in [5.41, 5.74) is 3.18. The topological polar surface area (TPSA) is 38.3 Å². The van der Waals surface area contributed by atoms with Crippen molar-refractivity contribution in [2.45, 2.75) is 78.7 Å². The predicted octanol–water partition coefficient (Wildman–Crippen LogP) is 5.64. The monoisotopic (exact) mass is 333 g/mol. The van der Waals surface area contributed by atoms with E-state index in [1.54, 1.807) is 7.11 Å². The van der Waals surface area contributed by atoms with Gasteiger partial charge in [-0.05, 0) is 44.2 Å². The molecular formula is C21H35NO2. The van der Waals surface area contributed by atoms with Crippen molar-refractivity contribution in [1.82, 2.24) is 0 Å². The van der Waals surface area contributed by atoms with E-state index in [0.717, 1.165) is 30.0 Å². The van der Waals surface area contributed by atoms with Crippen molar-refractivity contribution in [3.63, 3.8) is 0 Å². The Balaban J connectivity index is 0.00000139. The Hall–Kier alpha value is -1.35. The van der Waals surface area contributed by atoms with Crippen LogP contribution in [0.25, 0.3) is 0 Å². The average Bonchev–Trinajstić information content (AvgIpc) is 2.60. The van der Waals surface area contributed by atoms with E-state index in [4.69, 9.17) is 4.74 Å². The zero-order valence-corrected chi connectivity index (χ0v) is 16.2. The molecule has 1 atom stereocenters. The molecule has 1 aromatic rings. The van der Waals surface area contributed by atoms with E-state index in [-0.39, 0.29) is 12.0 Å². The molecule has 1 N–H and O–H groups in total. The maximum Gasteiger partial charge on any atom is 0.253 e.